The summed E-state index contributed by atoms with van der Waals surface area (Å²) in [5.74, 6) is 0.661. The van der Waals surface area contributed by atoms with Crippen molar-refractivity contribution in [2.45, 2.75) is 29.6 Å². The molecule has 3 rings (SSSR count). The Morgan fingerprint density at radius 1 is 1.35 bits per heavy atom. The number of thiophene rings is 1. The van der Waals surface area contributed by atoms with Crippen molar-refractivity contribution in [3.05, 3.63) is 34.8 Å². The molecule has 0 aliphatic rings. The first-order chi connectivity index (χ1) is 9.74. The van der Waals surface area contributed by atoms with Crippen molar-refractivity contribution in [1.82, 2.24) is 14.7 Å². The van der Waals surface area contributed by atoms with Gasteiger partial charge in [-0.15, -0.1) is 22.7 Å². The molecule has 0 bridgehead atoms. The molecule has 0 atom stereocenters. The Morgan fingerprint density at radius 2 is 2.25 bits per heavy atom. The van der Waals surface area contributed by atoms with E-state index in [2.05, 4.69) is 52.7 Å². The van der Waals surface area contributed by atoms with Crippen molar-refractivity contribution < 1.29 is 0 Å². The predicted octanol–water partition coefficient (Wildman–Crippen LogP) is 4.35. The van der Waals surface area contributed by atoms with E-state index in [4.69, 9.17) is 4.98 Å². The van der Waals surface area contributed by atoms with Gasteiger partial charge in [0.1, 0.15) is 5.03 Å². The number of thiazole rings is 1. The van der Waals surface area contributed by atoms with Crippen LogP contribution in [0.15, 0.2) is 38.3 Å². The van der Waals surface area contributed by atoms with Crippen LogP contribution in [-0.2, 0) is 6.54 Å². The fourth-order valence-electron chi connectivity index (χ4n) is 1.95. The van der Waals surface area contributed by atoms with Gasteiger partial charge in [0.25, 0.3) is 0 Å². The normalized spacial score (nSPS) is 11.8. The third-order valence-corrected chi connectivity index (χ3v) is 5.68. The zero-order valence-electron chi connectivity index (χ0n) is 11.5. The second-order valence-electron chi connectivity index (χ2n) is 4.98. The van der Waals surface area contributed by atoms with Crippen LogP contribution in [0.5, 0.6) is 0 Å². The molecule has 3 aromatic rings. The third-order valence-electron chi connectivity index (χ3n) is 2.86. The molecule has 0 saturated heterocycles. The molecule has 0 radical (unpaired) electrons. The zero-order chi connectivity index (χ0) is 13.9. The third kappa shape index (κ3) is 3.09. The second kappa shape index (κ2) is 6.30. The van der Waals surface area contributed by atoms with E-state index in [0.717, 1.165) is 23.1 Å². The fraction of sp³-hybridized carbons (Fsp3) is 0.357. The molecule has 0 unspecified atom stereocenters. The predicted molar refractivity (Wildman–Crippen MR) is 88.1 cm³/mol. The Balaban J connectivity index is 1.84. The Morgan fingerprint density at radius 3 is 3.00 bits per heavy atom. The molecule has 0 aliphatic heterocycles. The molecule has 0 saturated carbocycles. The number of hydrogen-bond donors (Lipinski definition) is 1. The molecule has 0 spiro atoms. The van der Waals surface area contributed by atoms with Crippen LogP contribution in [-0.4, -0.2) is 15.9 Å². The van der Waals surface area contributed by atoms with E-state index in [1.54, 1.807) is 34.4 Å². The molecule has 20 heavy (non-hydrogen) atoms. The SMILES string of the molecule is CC(C)CNCc1c(Sc2cccs2)nc2sccn12. The van der Waals surface area contributed by atoms with Gasteiger partial charge in [-0.2, -0.15) is 0 Å². The van der Waals surface area contributed by atoms with E-state index < -0.39 is 0 Å². The van der Waals surface area contributed by atoms with E-state index in [1.165, 1.54) is 9.90 Å². The summed E-state index contributed by atoms with van der Waals surface area (Å²) in [6.07, 6.45) is 2.11. The minimum atomic E-state index is 0.661. The molecule has 3 nitrogen and oxygen atoms in total. The summed E-state index contributed by atoms with van der Waals surface area (Å²) in [5, 5.41) is 8.84. The summed E-state index contributed by atoms with van der Waals surface area (Å²) in [4.78, 5) is 5.83. The van der Waals surface area contributed by atoms with Gasteiger partial charge in [0.15, 0.2) is 4.96 Å². The first kappa shape index (κ1) is 14.1. The van der Waals surface area contributed by atoms with Crippen LogP contribution < -0.4 is 5.32 Å². The number of nitrogens with one attached hydrogen (secondary N) is 1. The summed E-state index contributed by atoms with van der Waals surface area (Å²) in [6, 6.07) is 4.23. The number of nitrogens with zero attached hydrogens (tertiary/aromatic N) is 2. The highest BCUT2D eigenvalue weighted by atomic mass is 32.2. The number of hydrogen-bond acceptors (Lipinski definition) is 5. The lowest BCUT2D eigenvalue weighted by Gasteiger charge is -2.08. The lowest BCUT2D eigenvalue weighted by Crippen LogP contribution is -2.20. The molecule has 1 N–H and O–H groups in total. The standard InChI is InChI=1S/C14H17N3S3/c1-10(2)8-15-9-11-13(20-12-4-3-6-18-12)16-14-17(11)5-7-19-14/h3-7,10,15H,8-9H2,1-2H3. The summed E-state index contributed by atoms with van der Waals surface area (Å²) in [6.45, 7) is 6.35. The number of aromatic nitrogens is 2. The highest BCUT2D eigenvalue weighted by molar-refractivity contribution is 8.01. The lowest BCUT2D eigenvalue weighted by molar-refractivity contribution is 0.544. The van der Waals surface area contributed by atoms with Gasteiger partial charge in [0.05, 0.1) is 9.90 Å². The first-order valence-electron chi connectivity index (χ1n) is 6.60. The van der Waals surface area contributed by atoms with Crippen molar-refractivity contribution in [1.29, 1.82) is 0 Å². The van der Waals surface area contributed by atoms with Gasteiger partial charge in [-0.1, -0.05) is 31.7 Å². The topological polar surface area (TPSA) is 29.3 Å². The Bertz CT molecular complexity index is 667. The summed E-state index contributed by atoms with van der Waals surface area (Å²) >= 11 is 5.22. The summed E-state index contributed by atoms with van der Waals surface area (Å²) < 4.78 is 3.49. The largest absolute Gasteiger partial charge is 0.311 e. The van der Waals surface area contributed by atoms with E-state index in [9.17, 15) is 0 Å². The smallest absolute Gasteiger partial charge is 0.194 e. The van der Waals surface area contributed by atoms with Gasteiger partial charge in [0.2, 0.25) is 0 Å². The Labute approximate surface area is 131 Å². The van der Waals surface area contributed by atoms with E-state index in [0.29, 0.717) is 5.92 Å². The average molecular weight is 324 g/mol. The molecule has 106 valence electrons. The van der Waals surface area contributed by atoms with Crippen molar-refractivity contribution in [3.8, 4) is 0 Å². The number of imidazole rings is 1. The van der Waals surface area contributed by atoms with Crippen LogP contribution in [0.4, 0.5) is 0 Å². The van der Waals surface area contributed by atoms with Crippen LogP contribution in [0.3, 0.4) is 0 Å². The fourth-order valence-corrected chi connectivity index (χ4v) is 4.54. The van der Waals surface area contributed by atoms with Gasteiger partial charge in [-0.25, -0.2) is 4.98 Å². The molecule has 3 heterocycles. The quantitative estimate of drug-likeness (QED) is 0.731. The van der Waals surface area contributed by atoms with Crippen LogP contribution in [0.2, 0.25) is 0 Å². The molecule has 3 aromatic heterocycles. The summed E-state index contributed by atoms with van der Waals surface area (Å²) in [7, 11) is 0. The average Bonchev–Trinajstić information content (AvgIpc) is 3.09. The molecule has 6 heteroatoms. The summed E-state index contributed by atoms with van der Waals surface area (Å²) in [5.41, 5.74) is 1.26. The Kier molecular flexibility index (Phi) is 4.45. The molecule has 0 aliphatic carbocycles. The van der Waals surface area contributed by atoms with Crippen molar-refractivity contribution in [3.63, 3.8) is 0 Å². The van der Waals surface area contributed by atoms with Crippen molar-refractivity contribution >= 4 is 39.4 Å². The maximum absolute atomic E-state index is 4.76. The Hall–Kier alpha value is -0.820. The second-order valence-corrected chi connectivity index (χ2v) is 8.09. The van der Waals surface area contributed by atoms with Crippen LogP contribution >= 0.6 is 34.4 Å². The number of fused-ring (bicyclic) bond motifs is 1. The van der Waals surface area contributed by atoms with E-state index in [1.807, 2.05) is 0 Å². The van der Waals surface area contributed by atoms with Crippen LogP contribution in [0.25, 0.3) is 4.96 Å². The van der Waals surface area contributed by atoms with E-state index in [-0.39, 0.29) is 0 Å². The van der Waals surface area contributed by atoms with Crippen molar-refractivity contribution in [2.24, 2.45) is 5.92 Å². The number of rotatable bonds is 6. The van der Waals surface area contributed by atoms with Gasteiger partial charge in [0, 0.05) is 18.1 Å². The van der Waals surface area contributed by atoms with Crippen LogP contribution in [0, 0.1) is 5.92 Å². The maximum atomic E-state index is 4.76. The molecular formula is C14H17N3S3. The monoisotopic (exact) mass is 323 g/mol. The van der Waals surface area contributed by atoms with Crippen molar-refractivity contribution in [2.75, 3.05) is 6.54 Å². The van der Waals surface area contributed by atoms with E-state index >= 15 is 0 Å². The molecule has 0 aromatic carbocycles. The minimum absolute atomic E-state index is 0.661. The van der Waals surface area contributed by atoms with Gasteiger partial charge < -0.3 is 5.32 Å². The van der Waals surface area contributed by atoms with Gasteiger partial charge >= 0.3 is 0 Å². The van der Waals surface area contributed by atoms with Gasteiger partial charge in [-0.05, 0) is 23.9 Å². The molecule has 0 fully saturated rings. The van der Waals surface area contributed by atoms with Crippen LogP contribution in [0.1, 0.15) is 19.5 Å². The lowest BCUT2D eigenvalue weighted by atomic mass is 10.2. The highest BCUT2D eigenvalue weighted by Crippen LogP contribution is 2.34. The first-order valence-corrected chi connectivity index (χ1v) is 9.18. The zero-order valence-corrected chi connectivity index (χ0v) is 13.9. The molecule has 0 amide bonds. The molecular weight excluding hydrogens is 306 g/mol. The minimum Gasteiger partial charge on any atom is -0.311 e. The maximum Gasteiger partial charge on any atom is 0.194 e. The van der Waals surface area contributed by atoms with Gasteiger partial charge in [-0.3, -0.25) is 4.40 Å². The highest BCUT2D eigenvalue weighted by Gasteiger charge is 2.14.